The summed E-state index contributed by atoms with van der Waals surface area (Å²) in [7, 11) is 1.33. The van der Waals surface area contributed by atoms with E-state index in [9.17, 15) is 9.59 Å². The van der Waals surface area contributed by atoms with Crippen molar-refractivity contribution < 1.29 is 14.3 Å². The number of carbonyl (C=O) groups is 2. The first-order valence-electron chi connectivity index (χ1n) is 6.38. The van der Waals surface area contributed by atoms with Crippen LogP contribution in [0.1, 0.15) is 41.0 Å². The highest BCUT2D eigenvalue weighted by molar-refractivity contribution is 5.89. The van der Waals surface area contributed by atoms with E-state index in [1.165, 1.54) is 7.11 Å². The van der Waals surface area contributed by atoms with Crippen LogP contribution in [0.5, 0.6) is 0 Å². The van der Waals surface area contributed by atoms with Gasteiger partial charge in [0.25, 0.3) is 0 Å². The van der Waals surface area contributed by atoms with Gasteiger partial charge in [-0.1, -0.05) is 20.8 Å². The predicted octanol–water partition coefficient (Wildman–Crippen LogP) is 1.08. The third-order valence-electron chi connectivity index (χ3n) is 2.68. The minimum absolute atomic E-state index is 0.194. The normalized spacial score (nSPS) is 13.3. The van der Waals surface area contributed by atoms with Gasteiger partial charge in [0.1, 0.15) is 6.04 Å². The first kappa shape index (κ1) is 16.9. The molecule has 0 spiro atoms. The van der Waals surface area contributed by atoms with Gasteiger partial charge in [-0.05, 0) is 32.7 Å². The molecule has 1 atom stereocenters. The molecule has 0 unspecified atom stereocenters. The monoisotopic (exact) mass is 258 g/mol. The summed E-state index contributed by atoms with van der Waals surface area (Å²) >= 11 is 0. The Morgan fingerprint density at radius 1 is 1.28 bits per heavy atom. The summed E-state index contributed by atoms with van der Waals surface area (Å²) in [4.78, 5) is 23.7. The van der Waals surface area contributed by atoms with Gasteiger partial charge in [-0.3, -0.25) is 4.79 Å². The number of amides is 1. The summed E-state index contributed by atoms with van der Waals surface area (Å²) < 4.78 is 4.71. The van der Waals surface area contributed by atoms with Crippen LogP contribution in [0.15, 0.2) is 0 Å². The minimum Gasteiger partial charge on any atom is -0.467 e. The Labute approximate surface area is 110 Å². The molecular formula is C13H26N2O3. The minimum atomic E-state index is -0.696. The largest absolute Gasteiger partial charge is 0.467 e. The fraction of sp³-hybridized carbons (Fsp3) is 0.846. The molecule has 0 radical (unpaired) electrons. The molecule has 18 heavy (non-hydrogen) atoms. The van der Waals surface area contributed by atoms with Gasteiger partial charge in [0.2, 0.25) is 5.91 Å². The quantitative estimate of drug-likeness (QED) is 0.671. The van der Waals surface area contributed by atoms with E-state index in [2.05, 4.69) is 10.6 Å². The van der Waals surface area contributed by atoms with Crippen LogP contribution in [0.2, 0.25) is 0 Å². The van der Waals surface area contributed by atoms with E-state index in [0.717, 1.165) is 0 Å². The highest BCUT2D eigenvalue weighted by atomic mass is 16.5. The van der Waals surface area contributed by atoms with Crippen molar-refractivity contribution in [1.82, 2.24) is 10.6 Å². The summed E-state index contributed by atoms with van der Waals surface area (Å²) in [6.07, 6.45) is 0.570. The summed E-state index contributed by atoms with van der Waals surface area (Å²) in [5.41, 5.74) is -0.696. The molecule has 0 aromatic carbocycles. The molecule has 106 valence electrons. The lowest BCUT2D eigenvalue weighted by molar-refractivity contribution is -0.146. The highest BCUT2D eigenvalue weighted by Crippen LogP contribution is 2.09. The zero-order valence-corrected chi connectivity index (χ0v) is 12.3. The number of carbonyl (C=O) groups excluding carboxylic acids is 2. The lowest BCUT2D eigenvalue weighted by Gasteiger charge is -2.27. The van der Waals surface area contributed by atoms with Gasteiger partial charge in [-0.25, -0.2) is 4.79 Å². The maximum Gasteiger partial charge on any atom is 0.328 e. The highest BCUT2D eigenvalue weighted by Gasteiger charge is 2.31. The Hall–Kier alpha value is -1.10. The molecule has 5 nitrogen and oxygen atoms in total. The van der Waals surface area contributed by atoms with E-state index in [1.54, 1.807) is 13.8 Å². The fourth-order valence-corrected chi connectivity index (χ4v) is 1.69. The molecule has 0 aliphatic heterocycles. The van der Waals surface area contributed by atoms with Gasteiger partial charge >= 0.3 is 5.97 Å². The van der Waals surface area contributed by atoms with Crippen molar-refractivity contribution in [1.29, 1.82) is 0 Å². The Morgan fingerprint density at radius 3 is 2.22 bits per heavy atom. The van der Waals surface area contributed by atoms with Crippen LogP contribution in [-0.4, -0.2) is 37.1 Å². The Bertz CT molecular complexity index is 288. The Kier molecular flexibility index (Phi) is 6.91. The molecule has 0 aliphatic carbocycles. The van der Waals surface area contributed by atoms with Crippen molar-refractivity contribution in [3.63, 3.8) is 0 Å². The number of hydrogen-bond acceptors (Lipinski definition) is 4. The van der Waals surface area contributed by atoms with Gasteiger partial charge in [0.05, 0.1) is 12.6 Å². The van der Waals surface area contributed by atoms with E-state index in [-0.39, 0.29) is 5.91 Å². The van der Waals surface area contributed by atoms with Crippen LogP contribution in [-0.2, 0) is 14.3 Å². The zero-order valence-electron chi connectivity index (χ0n) is 12.3. The van der Waals surface area contributed by atoms with E-state index in [1.807, 2.05) is 20.8 Å². The molecule has 0 bridgehead atoms. The maximum absolute atomic E-state index is 12.1. The van der Waals surface area contributed by atoms with Gasteiger partial charge in [0.15, 0.2) is 0 Å². The lowest BCUT2D eigenvalue weighted by Crippen LogP contribution is -2.56. The summed E-state index contributed by atoms with van der Waals surface area (Å²) in [6, 6.07) is -0.583. The molecule has 0 heterocycles. The summed E-state index contributed by atoms with van der Waals surface area (Å²) in [5.74, 6) is -0.290. The van der Waals surface area contributed by atoms with Crippen molar-refractivity contribution in [2.75, 3.05) is 13.7 Å². The molecule has 0 fully saturated rings. The molecule has 0 rings (SSSR count). The first-order valence-corrected chi connectivity index (χ1v) is 6.38. The molecule has 0 aromatic rings. The van der Waals surface area contributed by atoms with Crippen LogP contribution in [0.4, 0.5) is 0 Å². The smallest absolute Gasteiger partial charge is 0.328 e. The number of methoxy groups -OCH3 is 1. The van der Waals surface area contributed by atoms with E-state index < -0.39 is 17.6 Å². The van der Waals surface area contributed by atoms with Crippen LogP contribution in [0, 0.1) is 5.92 Å². The second kappa shape index (κ2) is 7.36. The van der Waals surface area contributed by atoms with Crippen molar-refractivity contribution in [2.24, 2.45) is 5.92 Å². The third-order valence-corrected chi connectivity index (χ3v) is 2.68. The van der Waals surface area contributed by atoms with Crippen molar-refractivity contribution >= 4 is 11.9 Å². The van der Waals surface area contributed by atoms with Crippen molar-refractivity contribution in [3.05, 3.63) is 0 Å². The molecule has 0 saturated heterocycles. The fourth-order valence-electron chi connectivity index (χ4n) is 1.69. The predicted molar refractivity (Wildman–Crippen MR) is 71.2 cm³/mol. The molecule has 1 amide bonds. The van der Waals surface area contributed by atoms with Gasteiger partial charge < -0.3 is 15.4 Å². The molecule has 5 heteroatoms. The van der Waals surface area contributed by atoms with Crippen LogP contribution in [0.3, 0.4) is 0 Å². The SMILES string of the molecule is CCNC(C)(C)C(=O)N[C@@H](CC(C)C)C(=O)OC. The lowest BCUT2D eigenvalue weighted by atomic mass is 10.0. The van der Waals surface area contributed by atoms with E-state index in [4.69, 9.17) is 4.74 Å². The van der Waals surface area contributed by atoms with Crippen molar-refractivity contribution in [2.45, 2.75) is 52.6 Å². The molecule has 0 saturated carbocycles. The Balaban J connectivity index is 4.67. The Morgan fingerprint density at radius 2 is 1.83 bits per heavy atom. The topological polar surface area (TPSA) is 67.4 Å². The summed E-state index contributed by atoms with van der Waals surface area (Å²) in [6.45, 7) is 10.2. The van der Waals surface area contributed by atoms with Gasteiger partial charge in [0, 0.05) is 0 Å². The third kappa shape index (κ3) is 5.49. The molecule has 0 aliphatic rings. The summed E-state index contributed by atoms with van der Waals surface area (Å²) in [5, 5.41) is 5.82. The number of nitrogens with one attached hydrogen (secondary N) is 2. The zero-order chi connectivity index (χ0) is 14.3. The number of rotatable bonds is 7. The van der Waals surface area contributed by atoms with Crippen molar-refractivity contribution in [3.8, 4) is 0 Å². The number of esters is 1. The molecule has 0 aromatic heterocycles. The van der Waals surface area contributed by atoms with E-state index >= 15 is 0 Å². The van der Waals surface area contributed by atoms with Crippen LogP contribution >= 0.6 is 0 Å². The standard InChI is InChI=1S/C13H26N2O3/c1-7-14-13(4,5)12(17)15-10(8-9(2)3)11(16)18-6/h9-10,14H,7-8H2,1-6H3,(H,15,17)/t10-/m0/s1. The maximum atomic E-state index is 12.1. The van der Waals surface area contributed by atoms with Gasteiger partial charge in [-0.15, -0.1) is 0 Å². The average molecular weight is 258 g/mol. The second-order valence-electron chi connectivity index (χ2n) is 5.33. The van der Waals surface area contributed by atoms with Gasteiger partial charge in [-0.2, -0.15) is 0 Å². The molecular weight excluding hydrogens is 232 g/mol. The second-order valence-corrected chi connectivity index (χ2v) is 5.33. The van der Waals surface area contributed by atoms with Crippen LogP contribution < -0.4 is 10.6 Å². The number of hydrogen-bond donors (Lipinski definition) is 2. The average Bonchev–Trinajstić information content (AvgIpc) is 2.26. The molecule has 2 N–H and O–H groups in total. The van der Waals surface area contributed by atoms with Crippen LogP contribution in [0.25, 0.3) is 0 Å². The number of ether oxygens (including phenoxy) is 1. The number of likely N-dealkylation sites (N-methyl/N-ethyl adjacent to an activating group) is 1. The first-order chi connectivity index (χ1) is 8.24. The van der Waals surface area contributed by atoms with E-state index in [0.29, 0.717) is 18.9 Å².